The number of hydrogen-bond acceptors (Lipinski definition) is 3. The van der Waals surface area contributed by atoms with Gasteiger partial charge < -0.3 is 9.64 Å². The second-order valence-electron chi connectivity index (χ2n) is 6.37. The third-order valence-electron chi connectivity index (χ3n) is 4.87. The van der Waals surface area contributed by atoms with Crippen molar-refractivity contribution in [1.82, 2.24) is 4.90 Å². The summed E-state index contributed by atoms with van der Waals surface area (Å²) in [6.07, 6.45) is 4.57. The first-order chi connectivity index (χ1) is 10.1. The summed E-state index contributed by atoms with van der Waals surface area (Å²) in [4.78, 5) is 15.0. The summed E-state index contributed by atoms with van der Waals surface area (Å²) in [5.74, 6) is -0.385. The summed E-state index contributed by atoms with van der Waals surface area (Å²) >= 11 is 0. The fourth-order valence-electron chi connectivity index (χ4n) is 3.61. The minimum atomic E-state index is -0.561. The maximum Gasteiger partial charge on any atom is 0.316 e. The fraction of sp³-hybridized carbons (Fsp3) is 0.588. The van der Waals surface area contributed by atoms with E-state index in [9.17, 15) is 9.18 Å². The summed E-state index contributed by atoms with van der Waals surface area (Å²) in [5, 5.41) is 0. The first-order valence-corrected chi connectivity index (χ1v) is 7.76. The highest BCUT2D eigenvalue weighted by molar-refractivity contribution is 5.83. The summed E-state index contributed by atoms with van der Waals surface area (Å²) < 4.78 is 18.9. The SMILES string of the molecule is CN1CC[C@@H](OC(=O)C2(c3ccc(F)cc3)CCCC2)C1. The maximum atomic E-state index is 13.1. The summed E-state index contributed by atoms with van der Waals surface area (Å²) in [6, 6.07) is 6.35. The Balaban J connectivity index is 1.80. The quantitative estimate of drug-likeness (QED) is 0.802. The smallest absolute Gasteiger partial charge is 0.316 e. The Bertz CT molecular complexity index is 508. The number of likely N-dealkylation sites (tertiary alicyclic amines) is 1. The van der Waals surface area contributed by atoms with Crippen molar-refractivity contribution < 1.29 is 13.9 Å². The van der Waals surface area contributed by atoms with Gasteiger partial charge in [0.2, 0.25) is 0 Å². The van der Waals surface area contributed by atoms with Gasteiger partial charge in [-0.05, 0) is 44.0 Å². The largest absolute Gasteiger partial charge is 0.460 e. The predicted molar refractivity (Wildman–Crippen MR) is 78.5 cm³/mol. The number of hydrogen-bond donors (Lipinski definition) is 0. The third-order valence-corrected chi connectivity index (χ3v) is 4.87. The zero-order valence-corrected chi connectivity index (χ0v) is 12.5. The Hall–Kier alpha value is -1.42. The minimum Gasteiger partial charge on any atom is -0.460 e. The molecule has 0 spiro atoms. The standard InChI is InChI=1S/C17H22FNO2/c1-19-11-8-15(12-19)21-16(20)17(9-2-3-10-17)13-4-6-14(18)7-5-13/h4-7,15H,2-3,8-12H2,1H3/t15-/m1/s1. The second kappa shape index (κ2) is 5.76. The molecule has 0 aromatic heterocycles. The van der Waals surface area contributed by atoms with Gasteiger partial charge in [-0.3, -0.25) is 4.79 Å². The van der Waals surface area contributed by atoms with Crippen molar-refractivity contribution >= 4 is 5.97 Å². The number of esters is 1. The van der Waals surface area contributed by atoms with Crippen LogP contribution in [-0.4, -0.2) is 37.1 Å². The Morgan fingerprint density at radius 2 is 1.95 bits per heavy atom. The van der Waals surface area contributed by atoms with E-state index >= 15 is 0 Å². The molecule has 1 heterocycles. The highest BCUT2D eigenvalue weighted by Gasteiger charge is 2.45. The Kier molecular flexibility index (Phi) is 3.98. The molecule has 4 heteroatoms. The molecule has 1 saturated carbocycles. The van der Waals surface area contributed by atoms with Gasteiger partial charge in [0.1, 0.15) is 11.9 Å². The summed E-state index contributed by atoms with van der Waals surface area (Å²) in [5.41, 5.74) is 0.340. The number of halogens is 1. The van der Waals surface area contributed by atoms with Crippen molar-refractivity contribution in [2.24, 2.45) is 0 Å². The predicted octanol–water partition coefficient (Wildman–Crippen LogP) is 2.88. The number of likely N-dealkylation sites (N-methyl/N-ethyl adjacent to an activating group) is 1. The van der Waals surface area contributed by atoms with Gasteiger partial charge in [-0.1, -0.05) is 25.0 Å². The van der Waals surface area contributed by atoms with Crippen LogP contribution in [-0.2, 0) is 14.9 Å². The number of rotatable bonds is 3. The van der Waals surface area contributed by atoms with Crippen molar-refractivity contribution in [1.29, 1.82) is 0 Å². The Morgan fingerprint density at radius 1 is 1.29 bits per heavy atom. The topological polar surface area (TPSA) is 29.5 Å². The lowest BCUT2D eigenvalue weighted by atomic mass is 9.79. The Morgan fingerprint density at radius 3 is 2.52 bits per heavy atom. The van der Waals surface area contributed by atoms with E-state index in [-0.39, 0.29) is 17.9 Å². The van der Waals surface area contributed by atoms with Gasteiger partial charge in [-0.25, -0.2) is 4.39 Å². The van der Waals surface area contributed by atoms with Crippen molar-refractivity contribution in [2.75, 3.05) is 20.1 Å². The van der Waals surface area contributed by atoms with E-state index in [4.69, 9.17) is 4.74 Å². The fourth-order valence-corrected chi connectivity index (χ4v) is 3.61. The number of carbonyl (C=O) groups is 1. The molecule has 3 nitrogen and oxygen atoms in total. The molecule has 0 N–H and O–H groups in total. The van der Waals surface area contributed by atoms with Crippen LogP contribution in [0.1, 0.15) is 37.7 Å². The summed E-state index contributed by atoms with van der Waals surface area (Å²) in [7, 11) is 2.04. The van der Waals surface area contributed by atoms with Crippen LogP contribution in [0, 0.1) is 5.82 Å². The van der Waals surface area contributed by atoms with Gasteiger partial charge in [0.15, 0.2) is 0 Å². The van der Waals surface area contributed by atoms with Crippen LogP contribution >= 0.6 is 0 Å². The molecule has 1 aliphatic carbocycles. The number of carbonyl (C=O) groups excluding carboxylic acids is 1. The van der Waals surface area contributed by atoms with Crippen molar-refractivity contribution in [3.8, 4) is 0 Å². The molecule has 0 unspecified atom stereocenters. The van der Waals surface area contributed by atoms with Crippen molar-refractivity contribution in [3.05, 3.63) is 35.6 Å². The van der Waals surface area contributed by atoms with Gasteiger partial charge in [-0.15, -0.1) is 0 Å². The molecule has 2 fully saturated rings. The number of nitrogens with zero attached hydrogens (tertiary/aromatic N) is 1. The molecule has 1 atom stereocenters. The van der Waals surface area contributed by atoms with E-state index in [1.807, 2.05) is 7.05 Å². The average molecular weight is 291 g/mol. The van der Waals surface area contributed by atoms with Gasteiger partial charge in [-0.2, -0.15) is 0 Å². The molecule has 1 aromatic carbocycles. The first kappa shape index (κ1) is 14.5. The van der Waals surface area contributed by atoms with Crippen LogP contribution in [0.3, 0.4) is 0 Å². The molecule has 114 valence electrons. The first-order valence-electron chi connectivity index (χ1n) is 7.76. The van der Waals surface area contributed by atoms with Crippen LogP contribution in [0.4, 0.5) is 4.39 Å². The van der Waals surface area contributed by atoms with E-state index < -0.39 is 5.41 Å². The lowest BCUT2D eigenvalue weighted by Gasteiger charge is -2.29. The molecule has 0 radical (unpaired) electrons. The number of ether oxygens (including phenoxy) is 1. The third kappa shape index (κ3) is 2.82. The molecule has 21 heavy (non-hydrogen) atoms. The van der Waals surface area contributed by atoms with Crippen LogP contribution in [0.2, 0.25) is 0 Å². The lowest BCUT2D eigenvalue weighted by molar-refractivity contribution is -0.155. The van der Waals surface area contributed by atoms with E-state index in [2.05, 4.69) is 4.90 Å². The van der Waals surface area contributed by atoms with Crippen LogP contribution < -0.4 is 0 Å². The molecular weight excluding hydrogens is 269 g/mol. The van der Waals surface area contributed by atoms with E-state index in [1.165, 1.54) is 12.1 Å². The minimum absolute atomic E-state index is 0.000392. The van der Waals surface area contributed by atoms with Crippen LogP contribution in [0.5, 0.6) is 0 Å². The Labute approximate surface area is 125 Å². The van der Waals surface area contributed by atoms with Crippen molar-refractivity contribution in [3.63, 3.8) is 0 Å². The molecule has 0 amide bonds. The van der Waals surface area contributed by atoms with Crippen molar-refractivity contribution in [2.45, 2.75) is 43.6 Å². The summed E-state index contributed by atoms with van der Waals surface area (Å²) in [6.45, 7) is 1.78. The molecule has 2 aliphatic rings. The normalized spacial score (nSPS) is 25.1. The van der Waals surface area contributed by atoms with E-state index in [0.29, 0.717) is 0 Å². The highest BCUT2D eigenvalue weighted by atomic mass is 19.1. The maximum absolute atomic E-state index is 13.1. The molecular formula is C17H22FNO2. The number of benzene rings is 1. The second-order valence-corrected chi connectivity index (χ2v) is 6.37. The zero-order chi connectivity index (χ0) is 14.9. The molecule has 1 saturated heterocycles. The molecule has 1 aliphatic heterocycles. The molecule has 3 rings (SSSR count). The zero-order valence-electron chi connectivity index (χ0n) is 12.5. The highest BCUT2D eigenvalue weighted by Crippen LogP contribution is 2.42. The lowest BCUT2D eigenvalue weighted by Crippen LogP contribution is -2.37. The average Bonchev–Trinajstić information content (AvgIpc) is 3.10. The molecule has 0 bridgehead atoms. The van der Waals surface area contributed by atoms with Gasteiger partial charge in [0, 0.05) is 13.1 Å². The van der Waals surface area contributed by atoms with E-state index in [0.717, 1.165) is 50.8 Å². The van der Waals surface area contributed by atoms with Gasteiger partial charge in [0.05, 0.1) is 5.41 Å². The van der Waals surface area contributed by atoms with Crippen LogP contribution in [0.25, 0.3) is 0 Å². The van der Waals surface area contributed by atoms with Gasteiger partial charge in [0.25, 0.3) is 0 Å². The van der Waals surface area contributed by atoms with Gasteiger partial charge >= 0.3 is 5.97 Å². The van der Waals surface area contributed by atoms with E-state index in [1.54, 1.807) is 12.1 Å². The molecule has 1 aromatic rings. The van der Waals surface area contributed by atoms with Crippen LogP contribution in [0.15, 0.2) is 24.3 Å². The monoisotopic (exact) mass is 291 g/mol.